The molecule has 1 aliphatic rings. The number of ether oxygens (including phenoxy) is 1. The molecule has 5 heteroatoms. The van der Waals surface area contributed by atoms with Crippen molar-refractivity contribution in [3.05, 3.63) is 35.4 Å². The molecule has 2 rings (SSSR count). The van der Waals surface area contributed by atoms with Crippen molar-refractivity contribution in [1.82, 2.24) is 5.32 Å². The minimum Gasteiger partial charge on any atom is -0.388 e. The van der Waals surface area contributed by atoms with Crippen LogP contribution in [0.5, 0.6) is 0 Å². The number of nitrogens with one attached hydrogen (secondary N) is 1. The molecule has 0 aliphatic carbocycles. The van der Waals surface area contributed by atoms with E-state index in [9.17, 15) is 9.90 Å². The van der Waals surface area contributed by atoms with Gasteiger partial charge in [-0.05, 0) is 24.3 Å². The van der Waals surface area contributed by atoms with Gasteiger partial charge in [0.05, 0.1) is 17.2 Å². The van der Waals surface area contributed by atoms with Gasteiger partial charge in [0.25, 0.3) is 5.91 Å². The molecule has 0 aromatic heterocycles. The van der Waals surface area contributed by atoms with Gasteiger partial charge >= 0.3 is 0 Å². The van der Waals surface area contributed by atoms with Crippen molar-refractivity contribution >= 4 is 5.91 Å². The molecule has 1 saturated heterocycles. The van der Waals surface area contributed by atoms with Crippen LogP contribution in [0.25, 0.3) is 0 Å². The van der Waals surface area contributed by atoms with Crippen molar-refractivity contribution < 1.29 is 14.6 Å². The molecule has 2 N–H and O–H groups in total. The number of rotatable bonds is 3. The second-order valence-electron chi connectivity index (χ2n) is 4.71. The van der Waals surface area contributed by atoms with Crippen LogP contribution in [0.15, 0.2) is 24.3 Å². The molecule has 0 unspecified atom stereocenters. The molecule has 19 heavy (non-hydrogen) atoms. The van der Waals surface area contributed by atoms with Gasteiger partial charge in [-0.1, -0.05) is 0 Å². The summed E-state index contributed by atoms with van der Waals surface area (Å²) in [6, 6.07) is 8.39. The van der Waals surface area contributed by atoms with E-state index in [0.29, 0.717) is 37.2 Å². The Morgan fingerprint density at radius 2 is 2.00 bits per heavy atom. The number of amides is 1. The lowest BCUT2D eigenvalue weighted by atomic mass is 9.94. The summed E-state index contributed by atoms with van der Waals surface area (Å²) in [6.45, 7) is 1.25. The van der Waals surface area contributed by atoms with Gasteiger partial charge < -0.3 is 15.2 Å². The van der Waals surface area contributed by atoms with Crippen LogP contribution in [0.2, 0.25) is 0 Å². The third kappa shape index (κ3) is 3.53. The predicted molar refractivity (Wildman–Crippen MR) is 68.5 cm³/mol. The topological polar surface area (TPSA) is 82.4 Å². The first-order chi connectivity index (χ1) is 9.13. The van der Waals surface area contributed by atoms with Gasteiger partial charge in [0.15, 0.2) is 0 Å². The molecule has 0 spiro atoms. The van der Waals surface area contributed by atoms with Gasteiger partial charge in [0.2, 0.25) is 0 Å². The smallest absolute Gasteiger partial charge is 0.251 e. The van der Waals surface area contributed by atoms with Crippen LogP contribution in [-0.4, -0.2) is 36.4 Å². The summed E-state index contributed by atoms with van der Waals surface area (Å²) >= 11 is 0. The fourth-order valence-corrected chi connectivity index (χ4v) is 1.97. The lowest BCUT2D eigenvalue weighted by Gasteiger charge is -2.32. The molecule has 1 aliphatic heterocycles. The van der Waals surface area contributed by atoms with E-state index in [1.165, 1.54) is 0 Å². The molecule has 0 radical (unpaired) electrons. The minimum absolute atomic E-state index is 0.217. The number of hydrogen-bond donors (Lipinski definition) is 2. The Bertz CT molecular complexity index is 484. The Kier molecular flexibility index (Phi) is 4.15. The Labute approximate surface area is 111 Å². The van der Waals surface area contributed by atoms with Crippen LogP contribution in [0.4, 0.5) is 0 Å². The summed E-state index contributed by atoms with van der Waals surface area (Å²) in [7, 11) is 0. The van der Waals surface area contributed by atoms with Crippen LogP contribution in [0, 0.1) is 11.3 Å². The van der Waals surface area contributed by atoms with Gasteiger partial charge in [-0.15, -0.1) is 0 Å². The fourth-order valence-electron chi connectivity index (χ4n) is 1.97. The van der Waals surface area contributed by atoms with Crippen molar-refractivity contribution in [2.24, 2.45) is 0 Å². The second kappa shape index (κ2) is 5.83. The molecule has 5 nitrogen and oxygen atoms in total. The molecule has 1 amide bonds. The molecule has 100 valence electrons. The van der Waals surface area contributed by atoms with E-state index in [0.717, 1.165) is 0 Å². The first-order valence-corrected chi connectivity index (χ1v) is 6.21. The monoisotopic (exact) mass is 260 g/mol. The molecule has 0 bridgehead atoms. The fraction of sp³-hybridized carbons (Fsp3) is 0.429. The van der Waals surface area contributed by atoms with Crippen LogP contribution in [-0.2, 0) is 4.74 Å². The average Bonchev–Trinajstić information content (AvgIpc) is 2.46. The number of hydrogen-bond acceptors (Lipinski definition) is 4. The third-order valence-electron chi connectivity index (χ3n) is 3.28. The van der Waals surface area contributed by atoms with Gasteiger partial charge in [0, 0.05) is 38.2 Å². The second-order valence-corrected chi connectivity index (χ2v) is 4.71. The number of nitrogens with zero attached hydrogens (tertiary/aromatic N) is 1. The Morgan fingerprint density at radius 3 is 2.58 bits per heavy atom. The van der Waals surface area contributed by atoms with E-state index in [1.807, 2.05) is 6.07 Å². The number of carbonyl (C=O) groups is 1. The molecule has 1 fully saturated rings. The number of nitriles is 1. The highest BCUT2D eigenvalue weighted by molar-refractivity contribution is 5.94. The Hall–Kier alpha value is -1.90. The van der Waals surface area contributed by atoms with Crippen molar-refractivity contribution in [2.75, 3.05) is 19.8 Å². The maximum atomic E-state index is 11.9. The first kappa shape index (κ1) is 13.5. The van der Waals surface area contributed by atoms with Gasteiger partial charge in [0.1, 0.15) is 0 Å². The summed E-state index contributed by atoms with van der Waals surface area (Å²) in [5, 5.41) is 21.6. The zero-order valence-electron chi connectivity index (χ0n) is 10.6. The van der Waals surface area contributed by atoms with Crippen molar-refractivity contribution in [1.29, 1.82) is 5.26 Å². The molecule has 1 aromatic rings. The van der Waals surface area contributed by atoms with Crippen LogP contribution < -0.4 is 5.32 Å². The van der Waals surface area contributed by atoms with E-state index in [2.05, 4.69) is 5.32 Å². The number of benzene rings is 1. The molecular formula is C14H16N2O3. The van der Waals surface area contributed by atoms with Crippen LogP contribution >= 0.6 is 0 Å². The third-order valence-corrected chi connectivity index (χ3v) is 3.28. The summed E-state index contributed by atoms with van der Waals surface area (Å²) in [5.41, 5.74) is 0.120. The number of aliphatic hydroxyl groups is 1. The summed E-state index contributed by atoms with van der Waals surface area (Å²) < 4.78 is 5.18. The van der Waals surface area contributed by atoms with E-state index in [1.54, 1.807) is 24.3 Å². The first-order valence-electron chi connectivity index (χ1n) is 6.21. The SMILES string of the molecule is N#Cc1ccc(C(=O)NCC2(O)CCOCC2)cc1. The molecule has 0 saturated carbocycles. The highest BCUT2D eigenvalue weighted by Gasteiger charge is 2.30. The quantitative estimate of drug-likeness (QED) is 0.843. The maximum absolute atomic E-state index is 11.9. The van der Waals surface area contributed by atoms with E-state index in [-0.39, 0.29) is 12.5 Å². The molecule has 1 aromatic carbocycles. The van der Waals surface area contributed by atoms with E-state index < -0.39 is 5.60 Å². The summed E-state index contributed by atoms with van der Waals surface area (Å²) in [6.07, 6.45) is 1.06. The standard InChI is InChI=1S/C14H16N2O3/c15-9-11-1-3-12(4-2-11)13(17)16-10-14(18)5-7-19-8-6-14/h1-4,18H,5-8,10H2,(H,16,17). The largest absolute Gasteiger partial charge is 0.388 e. The average molecular weight is 260 g/mol. The highest BCUT2D eigenvalue weighted by Crippen LogP contribution is 2.19. The Balaban J connectivity index is 1.91. The van der Waals surface area contributed by atoms with E-state index >= 15 is 0 Å². The maximum Gasteiger partial charge on any atom is 0.251 e. The van der Waals surface area contributed by atoms with Crippen LogP contribution in [0.1, 0.15) is 28.8 Å². The lowest BCUT2D eigenvalue weighted by Crippen LogP contribution is -2.46. The Morgan fingerprint density at radius 1 is 1.37 bits per heavy atom. The lowest BCUT2D eigenvalue weighted by molar-refractivity contribution is -0.0605. The molecule has 1 heterocycles. The minimum atomic E-state index is -0.874. The van der Waals surface area contributed by atoms with Crippen LogP contribution in [0.3, 0.4) is 0 Å². The van der Waals surface area contributed by atoms with Gasteiger partial charge in [-0.3, -0.25) is 4.79 Å². The van der Waals surface area contributed by atoms with Crippen molar-refractivity contribution in [2.45, 2.75) is 18.4 Å². The number of carbonyl (C=O) groups excluding carboxylic acids is 1. The summed E-state index contributed by atoms with van der Waals surface area (Å²) in [4.78, 5) is 11.9. The predicted octanol–water partition coefficient (Wildman–Crippen LogP) is 0.830. The van der Waals surface area contributed by atoms with Gasteiger partial charge in [-0.2, -0.15) is 5.26 Å². The molecular weight excluding hydrogens is 244 g/mol. The highest BCUT2D eigenvalue weighted by atomic mass is 16.5. The van der Waals surface area contributed by atoms with Crippen molar-refractivity contribution in [3.8, 4) is 6.07 Å². The zero-order valence-corrected chi connectivity index (χ0v) is 10.6. The van der Waals surface area contributed by atoms with Gasteiger partial charge in [-0.25, -0.2) is 0 Å². The normalized spacial score (nSPS) is 17.5. The van der Waals surface area contributed by atoms with Crippen molar-refractivity contribution in [3.63, 3.8) is 0 Å². The summed E-state index contributed by atoms with van der Waals surface area (Å²) in [5.74, 6) is -0.246. The molecule has 0 atom stereocenters. The van der Waals surface area contributed by atoms with E-state index in [4.69, 9.17) is 10.00 Å². The zero-order chi connectivity index (χ0) is 13.7.